The molecule has 2 rings (SSSR count). The molecule has 0 amide bonds. The molecule has 3 nitrogen and oxygen atoms in total. The smallest absolute Gasteiger partial charge is 0.153 e. The maximum atomic E-state index is 13.6. The van der Waals surface area contributed by atoms with E-state index in [9.17, 15) is 4.39 Å². The van der Waals surface area contributed by atoms with E-state index in [1.165, 1.54) is 7.11 Å². The molecule has 0 saturated carbocycles. The fourth-order valence-electron chi connectivity index (χ4n) is 1.43. The minimum Gasteiger partial charge on any atom is -0.495 e. The second-order valence-corrected chi connectivity index (χ2v) is 3.04. The number of H-pyrrole nitrogens is 1. The maximum Gasteiger partial charge on any atom is 0.153 e. The third-order valence-corrected chi connectivity index (χ3v) is 2.22. The van der Waals surface area contributed by atoms with Crippen LogP contribution in [0.4, 0.5) is 4.39 Å². The molecule has 74 valence electrons. The van der Waals surface area contributed by atoms with Gasteiger partial charge in [0, 0.05) is 0 Å². The molecule has 0 aliphatic carbocycles. The summed E-state index contributed by atoms with van der Waals surface area (Å²) in [6, 6.07) is 1.65. The highest BCUT2D eigenvalue weighted by molar-refractivity contribution is 5.78. The first-order valence-corrected chi connectivity index (χ1v) is 4.46. The summed E-state index contributed by atoms with van der Waals surface area (Å²) in [7, 11) is 1.54. The van der Waals surface area contributed by atoms with Crippen molar-refractivity contribution in [2.75, 3.05) is 7.11 Å². The summed E-state index contributed by atoms with van der Waals surface area (Å²) >= 11 is 0. The van der Waals surface area contributed by atoms with Crippen molar-refractivity contribution >= 4 is 11.0 Å². The molecule has 0 radical (unpaired) electrons. The van der Waals surface area contributed by atoms with Crippen LogP contribution in [0.1, 0.15) is 12.6 Å². The molecule has 2 heterocycles. The lowest BCUT2D eigenvalue weighted by atomic mass is 10.2. The van der Waals surface area contributed by atoms with Crippen LogP contribution in [-0.4, -0.2) is 17.1 Å². The van der Waals surface area contributed by atoms with Gasteiger partial charge in [0.1, 0.15) is 11.4 Å². The molecule has 0 aliphatic rings. The van der Waals surface area contributed by atoms with Crippen LogP contribution in [0.3, 0.4) is 0 Å². The zero-order chi connectivity index (χ0) is 10.1. The van der Waals surface area contributed by atoms with Crippen LogP contribution >= 0.6 is 0 Å². The molecule has 0 atom stereocenters. The Morgan fingerprint density at radius 1 is 1.57 bits per heavy atom. The zero-order valence-electron chi connectivity index (χ0n) is 8.10. The van der Waals surface area contributed by atoms with E-state index in [0.717, 1.165) is 0 Å². The standard InChI is InChI=1S/C10H11FN2O/c1-3-8-9(11)7-4-6(14-2)5-12-10(7)13-8/h4-5H,3H2,1-2H3,(H,12,13). The van der Waals surface area contributed by atoms with Crippen molar-refractivity contribution < 1.29 is 9.13 Å². The Balaban J connectivity index is 2.68. The van der Waals surface area contributed by atoms with Crippen LogP contribution in [0, 0.1) is 5.82 Å². The largest absolute Gasteiger partial charge is 0.495 e. The number of aryl methyl sites for hydroxylation is 1. The molecule has 1 N–H and O–H groups in total. The first-order chi connectivity index (χ1) is 6.76. The van der Waals surface area contributed by atoms with Gasteiger partial charge in [0.05, 0.1) is 24.4 Å². The van der Waals surface area contributed by atoms with Gasteiger partial charge in [-0.3, -0.25) is 0 Å². The van der Waals surface area contributed by atoms with Crippen LogP contribution < -0.4 is 4.74 Å². The predicted octanol–water partition coefficient (Wildman–Crippen LogP) is 2.27. The van der Waals surface area contributed by atoms with Gasteiger partial charge in [-0.2, -0.15) is 0 Å². The molecule has 0 bridgehead atoms. The van der Waals surface area contributed by atoms with Gasteiger partial charge in [-0.05, 0) is 12.5 Å². The summed E-state index contributed by atoms with van der Waals surface area (Å²) in [5.41, 5.74) is 1.15. The van der Waals surface area contributed by atoms with E-state index in [4.69, 9.17) is 4.74 Å². The summed E-state index contributed by atoms with van der Waals surface area (Å²) < 4.78 is 18.6. The van der Waals surface area contributed by atoms with Gasteiger partial charge in [0.15, 0.2) is 5.82 Å². The quantitative estimate of drug-likeness (QED) is 0.796. The highest BCUT2D eigenvalue weighted by Crippen LogP contribution is 2.23. The van der Waals surface area contributed by atoms with Crippen LogP contribution in [0.25, 0.3) is 11.0 Å². The number of hydrogen-bond donors (Lipinski definition) is 1. The Bertz CT molecular complexity index is 464. The van der Waals surface area contributed by atoms with Gasteiger partial charge in [-0.1, -0.05) is 6.92 Å². The molecule has 0 aromatic carbocycles. The Morgan fingerprint density at radius 3 is 3.00 bits per heavy atom. The first-order valence-electron chi connectivity index (χ1n) is 4.46. The highest BCUT2D eigenvalue weighted by atomic mass is 19.1. The molecule has 0 unspecified atom stereocenters. The lowest BCUT2D eigenvalue weighted by molar-refractivity contribution is 0.413. The molecular weight excluding hydrogens is 183 g/mol. The fraction of sp³-hybridized carbons (Fsp3) is 0.300. The Kier molecular flexibility index (Phi) is 2.11. The summed E-state index contributed by atoms with van der Waals surface area (Å²) in [4.78, 5) is 6.98. The van der Waals surface area contributed by atoms with Crippen LogP contribution in [0.15, 0.2) is 12.3 Å². The van der Waals surface area contributed by atoms with Gasteiger partial charge < -0.3 is 9.72 Å². The molecule has 14 heavy (non-hydrogen) atoms. The van der Waals surface area contributed by atoms with Gasteiger partial charge in [0.25, 0.3) is 0 Å². The van der Waals surface area contributed by atoms with E-state index in [1.807, 2.05) is 6.92 Å². The van der Waals surface area contributed by atoms with Gasteiger partial charge in [-0.25, -0.2) is 9.37 Å². The lowest BCUT2D eigenvalue weighted by Crippen LogP contribution is -1.84. The molecule has 0 saturated heterocycles. The van der Waals surface area contributed by atoms with Crippen molar-refractivity contribution in [2.24, 2.45) is 0 Å². The van der Waals surface area contributed by atoms with E-state index >= 15 is 0 Å². The summed E-state index contributed by atoms with van der Waals surface area (Å²) in [6.07, 6.45) is 2.20. The molecule has 4 heteroatoms. The molecule has 0 spiro atoms. The number of ether oxygens (including phenoxy) is 1. The molecule has 0 aliphatic heterocycles. The van der Waals surface area contributed by atoms with Crippen LogP contribution in [0.2, 0.25) is 0 Å². The minimum absolute atomic E-state index is 0.228. The zero-order valence-corrected chi connectivity index (χ0v) is 8.10. The third-order valence-electron chi connectivity index (χ3n) is 2.22. The van der Waals surface area contributed by atoms with Crippen molar-refractivity contribution in [1.29, 1.82) is 0 Å². The van der Waals surface area contributed by atoms with E-state index < -0.39 is 0 Å². The third kappa shape index (κ3) is 1.23. The monoisotopic (exact) mass is 194 g/mol. The first kappa shape index (κ1) is 8.99. The number of methoxy groups -OCH3 is 1. The normalized spacial score (nSPS) is 10.8. The van der Waals surface area contributed by atoms with E-state index in [0.29, 0.717) is 28.9 Å². The second-order valence-electron chi connectivity index (χ2n) is 3.04. The Morgan fingerprint density at radius 2 is 2.36 bits per heavy atom. The number of nitrogens with zero attached hydrogens (tertiary/aromatic N) is 1. The van der Waals surface area contributed by atoms with Crippen molar-refractivity contribution in [3.05, 3.63) is 23.8 Å². The van der Waals surface area contributed by atoms with Crippen molar-refractivity contribution in [1.82, 2.24) is 9.97 Å². The number of hydrogen-bond acceptors (Lipinski definition) is 2. The lowest BCUT2D eigenvalue weighted by Gasteiger charge is -1.96. The highest BCUT2D eigenvalue weighted by Gasteiger charge is 2.11. The summed E-state index contributed by atoms with van der Waals surface area (Å²) in [5, 5.41) is 0.487. The predicted molar refractivity (Wildman–Crippen MR) is 52.0 cm³/mol. The molecule has 2 aromatic rings. The fourth-order valence-corrected chi connectivity index (χ4v) is 1.43. The molecule has 0 fully saturated rings. The van der Waals surface area contributed by atoms with Gasteiger partial charge in [-0.15, -0.1) is 0 Å². The van der Waals surface area contributed by atoms with Crippen molar-refractivity contribution in [3.63, 3.8) is 0 Å². The molecular formula is C10H11FN2O. The topological polar surface area (TPSA) is 37.9 Å². The van der Waals surface area contributed by atoms with Crippen molar-refractivity contribution in [2.45, 2.75) is 13.3 Å². The average molecular weight is 194 g/mol. The number of aromatic nitrogens is 2. The van der Waals surface area contributed by atoms with Crippen molar-refractivity contribution in [3.8, 4) is 5.75 Å². The maximum absolute atomic E-state index is 13.6. The SMILES string of the molecule is CCc1[nH]c2ncc(OC)cc2c1F. The van der Waals surface area contributed by atoms with E-state index in [-0.39, 0.29) is 5.82 Å². The number of pyridine rings is 1. The minimum atomic E-state index is -0.228. The number of aromatic amines is 1. The van der Waals surface area contributed by atoms with E-state index in [2.05, 4.69) is 9.97 Å². The number of halogens is 1. The van der Waals surface area contributed by atoms with Crippen LogP contribution in [0.5, 0.6) is 5.75 Å². The average Bonchev–Trinajstić information content (AvgIpc) is 2.55. The van der Waals surface area contributed by atoms with E-state index in [1.54, 1.807) is 12.3 Å². The number of nitrogens with one attached hydrogen (secondary N) is 1. The Labute approximate surface area is 80.9 Å². The second kappa shape index (κ2) is 3.29. The Hall–Kier alpha value is -1.58. The molecule has 2 aromatic heterocycles. The van der Waals surface area contributed by atoms with Crippen LogP contribution in [-0.2, 0) is 6.42 Å². The van der Waals surface area contributed by atoms with Gasteiger partial charge in [0.2, 0.25) is 0 Å². The number of rotatable bonds is 2. The number of fused-ring (bicyclic) bond motifs is 1. The van der Waals surface area contributed by atoms with Gasteiger partial charge >= 0.3 is 0 Å². The summed E-state index contributed by atoms with van der Waals surface area (Å²) in [6.45, 7) is 1.89. The summed E-state index contributed by atoms with van der Waals surface area (Å²) in [5.74, 6) is 0.340.